The fourth-order valence-electron chi connectivity index (χ4n) is 6.92. The number of rotatable bonds is 3. The van der Waals surface area contributed by atoms with Gasteiger partial charge in [-0.15, -0.1) is 0 Å². The predicted molar refractivity (Wildman–Crippen MR) is 102 cm³/mol. The largest absolute Gasteiger partial charge is 0.465 e. The third-order valence-electron chi connectivity index (χ3n) is 8.77. The van der Waals surface area contributed by atoms with Gasteiger partial charge in [-0.2, -0.15) is 0 Å². The zero-order valence-electron chi connectivity index (χ0n) is 17.7. The molecule has 0 aromatic rings. The molecular weight excluding hydrogens is 344 g/mol. The van der Waals surface area contributed by atoms with Crippen LogP contribution in [0.4, 0.5) is 0 Å². The summed E-state index contributed by atoms with van der Waals surface area (Å²) in [6.07, 6.45) is 3.70. The Balaban J connectivity index is 2.11. The van der Waals surface area contributed by atoms with Gasteiger partial charge in [0.15, 0.2) is 0 Å². The van der Waals surface area contributed by atoms with Crippen molar-refractivity contribution in [2.75, 3.05) is 13.7 Å². The number of carbonyl (C=O) groups excluding carboxylic acids is 2. The van der Waals surface area contributed by atoms with Gasteiger partial charge >= 0.3 is 5.97 Å². The van der Waals surface area contributed by atoms with E-state index in [4.69, 9.17) is 9.47 Å². The van der Waals surface area contributed by atoms with Crippen molar-refractivity contribution in [1.29, 1.82) is 0 Å². The van der Waals surface area contributed by atoms with Crippen LogP contribution >= 0.6 is 0 Å². The zero-order chi connectivity index (χ0) is 20.2. The normalized spacial score (nSPS) is 49.9. The van der Waals surface area contributed by atoms with Crippen LogP contribution in [0, 0.1) is 34.0 Å². The van der Waals surface area contributed by atoms with Gasteiger partial charge in [0, 0.05) is 25.4 Å². The first kappa shape index (κ1) is 20.8. The molecule has 5 nitrogen and oxygen atoms in total. The molecule has 5 heteroatoms. The molecule has 1 N–H and O–H groups in total. The molecule has 0 radical (unpaired) electrons. The maximum Gasteiger partial charge on any atom is 0.302 e. The Morgan fingerprint density at radius 2 is 1.85 bits per heavy atom. The summed E-state index contributed by atoms with van der Waals surface area (Å²) >= 11 is 0. The van der Waals surface area contributed by atoms with Gasteiger partial charge in [0.1, 0.15) is 12.4 Å². The topological polar surface area (TPSA) is 72.8 Å². The number of carbonyl (C=O) groups is 2. The molecule has 3 fully saturated rings. The van der Waals surface area contributed by atoms with Gasteiger partial charge in [-0.05, 0) is 56.3 Å². The van der Waals surface area contributed by atoms with Gasteiger partial charge in [-0.1, -0.05) is 20.8 Å². The zero-order valence-corrected chi connectivity index (χ0v) is 17.7. The second-order valence-electron chi connectivity index (χ2n) is 9.98. The number of methoxy groups -OCH3 is 1. The van der Waals surface area contributed by atoms with Crippen molar-refractivity contribution in [1.82, 2.24) is 0 Å². The van der Waals surface area contributed by atoms with Crippen molar-refractivity contribution in [3.05, 3.63) is 0 Å². The summed E-state index contributed by atoms with van der Waals surface area (Å²) in [7, 11) is 1.76. The van der Waals surface area contributed by atoms with Gasteiger partial charge in [0.05, 0.1) is 17.6 Å². The summed E-state index contributed by atoms with van der Waals surface area (Å²) in [6, 6.07) is 0. The molecule has 8 atom stereocenters. The first-order valence-corrected chi connectivity index (χ1v) is 10.4. The Morgan fingerprint density at radius 3 is 2.44 bits per heavy atom. The van der Waals surface area contributed by atoms with Crippen molar-refractivity contribution in [2.24, 2.45) is 34.0 Å². The van der Waals surface area contributed by atoms with Crippen molar-refractivity contribution in [3.8, 4) is 0 Å². The van der Waals surface area contributed by atoms with Crippen LogP contribution in [0.2, 0.25) is 0 Å². The smallest absolute Gasteiger partial charge is 0.302 e. The maximum atomic E-state index is 13.7. The molecule has 3 saturated carbocycles. The van der Waals surface area contributed by atoms with Crippen LogP contribution < -0.4 is 0 Å². The molecule has 0 aromatic carbocycles. The average Bonchev–Trinajstić information content (AvgIpc) is 3.02. The van der Waals surface area contributed by atoms with Crippen LogP contribution in [-0.2, 0) is 19.1 Å². The SMILES string of the molecule is COC1CCC23CC[C@@H](C)[C@](C)(C12)[C@H](O)C[C@@](C)(COC(C)=O)C(=O)[C@@H]3C. The number of ether oxygens (including phenoxy) is 2. The van der Waals surface area contributed by atoms with E-state index in [0.717, 1.165) is 25.7 Å². The maximum absolute atomic E-state index is 13.7. The van der Waals surface area contributed by atoms with E-state index in [9.17, 15) is 14.7 Å². The third kappa shape index (κ3) is 2.88. The predicted octanol–water partition coefficient (Wildman–Crippen LogP) is 3.37. The van der Waals surface area contributed by atoms with Crippen LogP contribution in [0.15, 0.2) is 0 Å². The molecule has 0 aromatic heterocycles. The highest BCUT2D eigenvalue weighted by Crippen LogP contribution is 2.68. The lowest BCUT2D eigenvalue weighted by atomic mass is 9.44. The molecule has 0 amide bonds. The first-order valence-electron chi connectivity index (χ1n) is 10.4. The summed E-state index contributed by atoms with van der Waals surface area (Å²) in [6.45, 7) is 9.77. The molecule has 3 unspecified atom stereocenters. The number of esters is 1. The van der Waals surface area contributed by atoms with E-state index >= 15 is 0 Å². The van der Waals surface area contributed by atoms with Gasteiger partial charge in [-0.25, -0.2) is 0 Å². The molecular formula is C22H36O5. The highest BCUT2D eigenvalue weighted by molar-refractivity contribution is 5.88. The van der Waals surface area contributed by atoms with Gasteiger partial charge in [0.2, 0.25) is 0 Å². The number of ketones is 1. The van der Waals surface area contributed by atoms with E-state index in [1.165, 1.54) is 6.92 Å². The fraction of sp³-hybridized carbons (Fsp3) is 0.909. The highest BCUT2D eigenvalue weighted by atomic mass is 16.5. The number of aliphatic hydroxyl groups is 1. The minimum absolute atomic E-state index is 0.0431. The van der Waals surface area contributed by atoms with E-state index in [-0.39, 0.29) is 47.1 Å². The van der Waals surface area contributed by atoms with E-state index in [0.29, 0.717) is 12.3 Å². The molecule has 0 aliphatic heterocycles. The average molecular weight is 381 g/mol. The molecule has 0 heterocycles. The van der Waals surface area contributed by atoms with Crippen LogP contribution in [0.5, 0.6) is 0 Å². The summed E-state index contributed by atoms with van der Waals surface area (Å²) in [5.74, 6) is 0.124. The van der Waals surface area contributed by atoms with Crippen LogP contribution in [0.25, 0.3) is 0 Å². The lowest BCUT2D eigenvalue weighted by Crippen LogP contribution is -2.62. The molecule has 0 saturated heterocycles. The lowest BCUT2D eigenvalue weighted by molar-refractivity contribution is -0.195. The summed E-state index contributed by atoms with van der Waals surface area (Å²) in [4.78, 5) is 25.1. The molecule has 3 rings (SSSR count). The molecule has 2 bridgehead atoms. The summed E-state index contributed by atoms with van der Waals surface area (Å²) < 4.78 is 11.2. The van der Waals surface area contributed by atoms with Crippen molar-refractivity contribution < 1.29 is 24.2 Å². The van der Waals surface area contributed by atoms with Crippen molar-refractivity contribution in [3.63, 3.8) is 0 Å². The lowest BCUT2D eigenvalue weighted by Gasteiger charge is -2.61. The Hall–Kier alpha value is -0.940. The Bertz CT molecular complexity index is 618. The number of hydrogen-bond acceptors (Lipinski definition) is 5. The Labute approximate surface area is 163 Å². The monoisotopic (exact) mass is 380 g/mol. The van der Waals surface area contributed by atoms with Gasteiger partial charge in [-0.3, -0.25) is 9.59 Å². The number of aliphatic hydroxyl groups excluding tert-OH is 1. The Kier molecular flexibility index (Phi) is 5.26. The van der Waals surface area contributed by atoms with Crippen LogP contribution in [0.3, 0.4) is 0 Å². The summed E-state index contributed by atoms with van der Waals surface area (Å²) in [5, 5.41) is 11.5. The minimum Gasteiger partial charge on any atom is -0.465 e. The molecule has 3 aliphatic carbocycles. The second-order valence-corrected chi connectivity index (χ2v) is 9.98. The highest BCUT2D eigenvalue weighted by Gasteiger charge is 2.67. The number of Topliss-reactive ketones (excluding diaryl/α,β-unsaturated/α-hetero) is 1. The number of hydrogen-bond donors (Lipinski definition) is 1. The fourth-order valence-corrected chi connectivity index (χ4v) is 6.92. The van der Waals surface area contributed by atoms with Crippen LogP contribution in [0.1, 0.15) is 66.7 Å². The van der Waals surface area contributed by atoms with Crippen molar-refractivity contribution >= 4 is 11.8 Å². The van der Waals surface area contributed by atoms with Gasteiger partial charge < -0.3 is 14.6 Å². The molecule has 0 spiro atoms. The minimum atomic E-state index is -0.855. The van der Waals surface area contributed by atoms with Crippen molar-refractivity contribution in [2.45, 2.75) is 78.9 Å². The van der Waals surface area contributed by atoms with E-state index in [2.05, 4.69) is 20.8 Å². The Morgan fingerprint density at radius 1 is 1.22 bits per heavy atom. The van der Waals surface area contributed by atoms with E-state index < -0.39 is 11.5 Å². The summed E-state index contributed by atoms with van der Waals surface area (Å²) in [5.41, 5.74) is -1.31. The third-order valence-corrected chi connectivity index (χ3v) is 8.77. The van der Waals surface area contributed by atoms with Gasteiger partial charge in [0.25, 0.3) is 0 Å². The van der Waals surface area contributed by atoms with Crippen LogP contribution in [-0.4, -0.2) is 42.8 Å². The van der Waals surface area contributed by atoms with E-state index in [1.807, 2.05) is 6.92 Å². The standard InChI is InChI=1S/C22H36O5/c1-13-7-9-22-10-8-16(26-6)18(22)21(13,5)17(24)11-20(4,12-27-15(3)23)19(25)14(22)2/h13-14,16-18,24H,7-12H2,1-6H3/t13-,14+,16?,17-,18?,20+,21+,22?/m1/s1. The first-order chi connectivity index (χ1) is 12.5. The second kappa shape index (κ2) is 6.84. The van der Waals surface area contributed by atoms with E-state index in [1.54, 1.807) is 7.11 Å². The molecule has 3 aliphatic rings. The molecule has 154 valence electrons. The quantitative estimate of drug-likeness (QED) is 0.760. The molecule has 27 heavy (non-hydrogen) atoms.